The molecule has 1 atom stereocenters. The van der Waals surface area contributed by atoms with Gasteiger partial charge < -0.3 is 17.0 Å². The van der Waals surface area contributed by atoms with Gasteiger partial charge in [0.05, 0.1) is 0 Å². The van der Waals surface area contributed by atoms with Crippen LogP contribution in [0.25, 0.3) is 0 Å². The topological polar surface area (TPSA) is 95.1 Å². The number of carbonyl (C=O) groups excluding carboxylic acids is 1. The van der Waals surface area contributed by atoms with Gasteiger partial charge >= 0.3 is 6.03 Å². The van der Waals surface area contributed by atoms with E-state index in [0.29, 0.717) is 0 Å². The van der Waals surface area contributed by atoms with Crippen molar-refractivity contribution in [1.29, 1.82) is 0 Å². The molecular weight excluding hydrogens is 101 g/mol. The minimum atomic E-state index is -0.833. The fourth-order valence-electron chi connectivity index (χ4n) is 0. The highest BCUT2D eigenvalue weighted by Gasteiger charge is 1.60. The van der Waals surface area contributed by atoms with Gasteiger partial charge in [-0.2, -0.15) is 0 Å². The van der Waals surface area contributed by atoms with Gasteiger partial charge in [0.2, 0.25) is 0 Å². The maximum Gasteiger partial charge on any atom is 0.309 e. The summed E-state index contributed by atoms with van der Waals surface area (Å²) in [7, 11) is 1.92. The second kappa shape index (κ2) is 8.82. The van der Waals surface area contributed by atoms with Crippen molar-refractivity contribution >= 4 is 15.4 Å². The van der Waals surface area contributed by atoms with Crippen LogP contribution in [0.1, 0.15) is 0 Å². The van der Waals surface area contributed by atoms with Crippen LogP contribution >= 0.6 is 9.39 Å². The minimum absolute atomic E-state index is 0.833. The van der Waals surface area contributed by atoms with E-state index in [-0.39, 0.29) is 0 Å². The zero-order valence-electron chi connectivity index (χ0n) is 3.22. The molecule has 0 fully saturated rings. The quantitative estimate of drug-likeness (QED) is 0.339. The van der Waals surface area contributed by atoms with Gasteiger partial charge in [0.1, 0.15) is 0 Å². The predicted octanol–water partition coefficient (Wildman–Crippen LogP) is -1.24. The molecule has 0 aromatic rings. The Hall–Kier alpha value is -0.340. The van der Waals surface area contributed by atoms with Crippen molar-refractivity contribution in [3.8, 4) is 0 Å². The van der Waals surface area contributed by atoms with Crippen LogP contribution in [-0.2, 0) is 0 Å². The average molecular weight is 109 g/mol. The Labute approximate surface area is 38.3 Å². The Balaban J connectivity index is 0. The van der Waals surface area contributed by atoms with E-state index in [1.54, 1.807) is 0 Å². The summed E-state index contributed by atoms with van der Waals surface area (Å²) in [5, 5.41) is 0. The monoisotopic (exact) mass is 109 g/mol. The molecule has 0 bridgehead atoms. The molecule has 0 heterocycles. The van der Waals surface area contributed by atoms with Crippen LogP contribution in [0.2, 0.25) is 0 Å². The second-order valence-electron chi connectivity index (χ2n) is 0.402. The Kier molecular flexibility index (Phi) is 13.5. The summed E-state index contributed by atoms with van der Waals surface area (Å²) in [6.07, 6.45) is 0. The van der Waals surface area contributed by atoms with Crippen molar-refractivity contribution in [3.05, 3.63) is 0 Å². The lowest BCUT2D eigenvalue weighted by atomic mass is 11.2. The maximum atomic E-state index is 9.00. The highest BCUT2D eigenvalue weighted by Crippen LogP contribution is 1.29. The number of hydrogen-bond acceptors (Lipinski definition) is 2. The van der Waals surface area contributed by atoms with Crippen LogP contribution in [0.15, 0.2) is 0 Å². The lowest BCUT2D eigenvalue weighted by molar-refractivity contribution is 0.256. The predicted molar refractivity (Wildman–Crippen MR) is 27.7 cm³/mol. The van der Waals surface area contributed by atoms with Crippen molar-refractivity contribution in [3.63, 3.8) is 0 Å². The summed E-state index contributed by atoms with van der Waals surface area (Å²) < 4.78 is 0. The average Bonchev–Trinajstić information content (AvgIpc) is 1.41. The summed E-state index contributed by atoms with van der Waals surface area (Å²) >= 11 is 0. The smallest absolute Gasteiger partial charge is 0.309 e. The first-order valence-corrected chi connectivity index (χ1v) is 1.78. The lowest BCUT2D eigenvalue weighted by Gasteiger charge is -1.62. The van der Waals surface area contributed by atoms with E-state index in [4.69, 9.17) is 4.79 Å². The van der Waals surface area contributed by atoms with Crippen LogP contribution in [0.4, 0.5) is 4.79 Å². The van der Waals surface area contributed by atoms with Crippen LogP contribution in [0, 0.1) is 0 Å². The van der Waals surface area contributed by atoms with Crippen molar-refractivity contribution in [2.24, 2.45) is 17.0 Å². The zero-order chi connectivity index (χ0) is 5.58. The van der Waals surface area contributed by atoms with E-state index in [0.717, 1.165) is 0 Å². The van der Waals surface area contributed by atoms with Gasteiger partial charge in [-0.1, -0.05) is 9.39 Å². The number of nitrogens with two attached hydrogens (primary N) is 3. The third-order valence-corrected chi connectivity index (χ3v) is 0. The number of amides is 2. The molecule has 6 heavy (non-hydrogen) atoms. The normalized spacial score (nSPS) is 5.00. The molecule has 0 saturated heterocycles. The van der Waals surface area contributed by atoms with Gasteiger partial charge in [0, 0.05) is 0 Å². The molecule has 38 valence electrons. The molecule has 0 aliphatic heterocycles. The number of urea groups is 1. The fraction of sp³-hybridized carbons (Fsp3) is 0. The van der Waals surface area contributed by atoms with E-state index < -0.39 is 6.03 Å². The third-order valence-electron chi connectivity index (χ3n) is 0. The van der Waals surface area contributed by atoms with Crippen LogP contribution in [0.3, 0.4) is 0 Å². The minimum Gasteiger partial charge on any atom is -0.352 e. The molecule has 0 rings (SSSR count). The highest BCUT2D eigenvalue weighted by molar-refractivity contribution is 7.13. The fourth-order valence-corrected chi connectivity index (χ4v) is 0. The molecule has 1 unspecified atom stereocenters. The van der Waals surface area contributed by atoms with Gasteiger partial charge in [0.25, 0.3) is 0 Å². The number of hydrogen-bond donors (Lipinski definition) is 3. The Morgan fingerprint density at radius 2 is 1.33 bits per heavy atom. The zero-order valence-corrected chi connectivity index (χ0v) is 4.37. The van der Waals surface area contributed by atoms with Crippen LogP contribution in [-0.4, -0.2) is 6.03 Å². The first-order chi connectivity index (χ1) is 2.73. The van der Waals surface area contributed by atoms with E-state index in [1.807, 2.05) is 9.39 Å². The van der Waals surface area contributed by atoms with Gasteiger partial charge in [0.15, 0.2) is 0 Å². The van der Waals surface area contributed by atoms with Crippen LogP contribution in [0.5, 0.6) is 0 Å². The summed E-state index contributed by atoms with van der Waals surface area (Å²) in [5.41, 5.74) is 12.9. The van der Waals surface area contributed by atoms with Gasteiger partial charge in [-0.15, -0.1) is 0 Å². The molecule has 0 aliphatic rings. The van der Waals surface area contributed by atoms with Crippen molar-refractivity contribution in [1.82, 2.24) is 0 Å². The van der Waals surface area contributed by atoms with Gasteiger partial charge in [-0.3, -0.25) is 0 Å². The van der Waals surface area contributed by atoms with Crippen molar-refractivity contribution < 1.29 is 4.79 Å². The van der Waals surface area contributed by atoms with E-state index >= 15 is 0 Å². The highest BCUT2D eigenvalue weighted by atomic mass is 31.0. The first kappa shape index (κ1) is 9.18. The maximum absolute atomic E-state index is 9.00. The van der Waals surface area contributed by atoms with E-state index in [9.17, 15) is 0 Å². The van der Waals surface area contributed by atoms with Gasteiger partial charge in [-0.25, -0.2) is 4.79 Å². The molecule has 0 aromatic carbocycles. The summed E-state index contributed by atoms with van der Waals surface area (Å²) in [6, 6.07) is -0.833. The SMILES string of the molecule is NC(N)=O.NP. The molecule has 0 spiro atoms. The Morgan fingerprint density at radius 1 is 1.33 bits per heavy atom. The third kappa shape index (κ3) is 224. The Morgan fingerprint density at radius 3 is 1.33 bits per heavy atom. The Bertz CT molecular complexity index is 33.8. The molecule has 4 nitrogen and oxygen atoms in total. The molecule has 0 aliphatic carbocycles. The molecule has 0 saturated carbocycles. The van der Waals surface area contributed by atoms with Gasteiger partial charge in [-0.05, 0) is 0 Å². The van der Waals surface area contributed by atoms with E-state index in [2.05, 4.69) is 17.0 Å². The standard InChI is InChI=1S/CH4N2O.H4NP/c2-1(3)4;1-2/h(H4,2,3,4);1-2H2. The van der Waals surface area contributed by atoms with Crippen LogP contribution < -0.4 is 17.0 Å². The summed E-state index contributed by atoms with van der Waals surface area (Å²) in [5.74, 6) is 0. The van der Waals surface area contributed by atoms with Crippen molar-refractivity contribution in [2.75, 3.05) is 0 Å². The first-order valence-electron chi connectivity index (χ1n) is 1.11. The molecule has 0 radical (unpaired) electrons. The number of rotatable bonds is 0. The molecular formula is CH8N3OP. The summed E-state index contributed by atoms with van der Waals surface area (Å²) in [6.45, 7) is 0. The second-order valence-corrected chi connectivity index (χ2v) is 0.402. The molecule has 5 heteroatoms. The molecule has 0 aromatic heterocycles. The molecule has 2 amide bonds. The largest absolute Gasteiger partial charge is 0.352 e. The van der Waals surface area contributed by atoms with E-state index in [1.165, 1.54) is 0 Å². The summed E-state index contributed by atoms with van der Waals surface area (Å²) in [4.78, 5) is 9.00. The van der Waals surface area contributed by atoms with Crippen molar-refractivity contribution in [2.45, 2.75) is 0 Å². The number of carbonyl (C=O) groups is 1. The molecule has 6 N–H and O–H groups in total. The number of primary amides is 2. The lowest BCUT2D eigenvalue weighted by Crippen LogP contribution is -2.18.